The molecule has 2 aromatic rings. The van der Waals surface area contributed by atoms with Crippen molar-refractivity contribution in [2.24, 2.45) is 6.98 Å². The Balaban J connectivity index is 2.20. The highest BCUT2D eigenvalue weighted by molar-refractivity contribution is 6.29. The lowest BCUT2D eigenvalue weighted by atomic mass is 10.1. The lowest BCUT2D eigenvalue weighted by Gasteiger charge is -2.44. The van der Waals surface area contributed by atoms with Crippen molar-refractivity contribution in [1.82, 2.24) is 19.4 Å². The molecule has 1 fully saturated rings. The third-order valence-corrected chi connectivity index (χ3v) is 4.73. The Labute approximate surface area is 153 Å². The van der Waals surface area contributed by atoms with Crippen molar-refractivity contribution in [3.8, 4) is 0 Å². The van der Waals surface area contributed by atoms with E-state index in [0.717, 1.165) is 0 Å². The Morgan fingerprint density at radius 3 is 2.84 bits per heavy atom. The van der Waals surface area contributed by atoms with Crippen molar-refractivity contribution in [3.05, 3.63) is 27.8 Å². The fourth-order valence-electron chi connectivity index (χ4n) is 3.19. The first-order chi connectivity index (χ1) is 13.0. The van der Waals surface area contributed by atoms with Crippen LogP contribution in [-0.2, 0) is 6.98 Å². The van der Waals surface area contributed by atoms with Crippen molar-refractivity contribution in [1.29, 1.82) is 0 Å². The van der Waals surface area contributed by atoms with Crippen LogP contribution in [0.2, 0.25) is 5.15 Å². The molecule has 8 nitrogen and oxygen atoms in total. The number of carboxylic acid groups (broad SMARTS) is 1. The fourth-order valence-corrected chi connectivity index (χ4v) is 3.33. The standard InChI is InChI=1S/C16H20ClN5O3/c1-4-10-8-21(9(2)7-22(10)16(24)25)14-13-11(5-6-12(17)18-13)20(3)15(23)19-14/h5-6,9-10H,4,7-8H2,1-3H3,(H,24,25)/t9-,10+/m0/s1/i3D3. The first-order valence-corrected chi connectivity index (χ1v) is 8.28. The number of hydrogen-bond donors (Lipinski definition) is 1. The average Bonchev–Trinajstić information content (AvgIpc) is 2.60. The highest BCUT2D eigenvalue weighted by atomic mass is 35.5. The molecule has 1 saturated heterocycles. The molecule has 0 unspecified atom stereocenters. The van der Waals surface area contributed by atoms with Crippen molar-refractivity contribution in [2.45, 2.75) is 32.4 Å². The molecule has 3 rings (SSSR count). The number of pyridine rings is 1. The predicted molar refractivity (Wildman–Crippen MR) is 95.4 cm³/mol. The van der Waals surface area contributed by atoms with Crippen LogP contribution in [-0.4, -0.2) is 55.8 Å². The van der Waals surface area contributed by atoms with Gasteiger partial charge in [-0.15, -0.1) is 0 Å². The maximum Gasteiger partial charge on any atom is 0.407 e. The summed E-state index contributed by atoms with van der Waals surface area (Å²) in [7, 11) is 0. The maximum atomic E-state index is 12.6. The minimum absolute atomic E-state index is 0.0975. The van der Waals surface area contributed by atoms with Crippen LogP contribution in [0.5, 0.6) is 0 Å². The van der Waals surface area contributed by atoms with Crippen LogP contribution in [0.25, 0.3) is 11.0 Å². The highest BCUT2D eigenvalue weighted by Crippen LogP contribution is 2.28. The Kier molecular flexibility index (Phi) is 3.62. The molecule has 1 N–H and O–H groups in total. The van der Waals surface area contributed by atoms with E-state index in [1.54, 1.807) is 4.90 Å². The first-order valence-electron chi connectivity index (χ1n) is 9.40. The van der Waals surface area contributed by atoms with Gasteiger partial charge in [-0.2, -0.15) is 4.98 Å². The summed E-state index contributed by atoms with van der Waals surface area (Å²) in [5.74, 6) is 0.207. The van der Waals surface area contributed by atoms with Gasteiger partial charge in [0.05, 0.1) is 11.6 Å². The first kappa shape index (κ1) is 13.9. The molecule has 0 aliphatic carbocycles. The Morgan fingerprint density at radius 2 is 2.20 bits per heavy atom. The summed E-state index contributed by atoms with van der Waals surface area (Å²) in [6, 6.07) is 2.25. The van der Waals surface area contributed by atoms with Crippen molar-refractivity contribution < 1.29 is 14.0 Å². The number of nitrogens with zero attached hydrogens (tertiary/aromatic N) is 5. The van der Waals surface area contributed by atoms with E-state index in [-0.39, 0.29) is 40.6 Å². The molecule has 2 aromatic heterocycles. The van der Waals surface area contributed by atoms with Gasteiger partial charge in [0, 0.05) is 30.2 Å². The van der Waals surface area contributed by atoms with Crippen LogP contribution in [0.3, 0.4) is 0 Å². The Morgan fingerprint density at radius 1 is 1.44 bits per heavy atom. The van der Waals surface area contributed by atoms with Crippen molar-refractivity contribution in [3.63, 3.8) is 0 Å². The Bertz CT molecular complexity index is 980. The average molecular weight is 369 g/mol. The minimum atomic E-state index is -2.73. The minimum Gasteiger partial charge on any atom is -0.465 e. The van der Waals surface area contributed by atoms with Crippen LogP contribution >= 0.6 is 11.6 Å². The second-order valence-corrected chi connectivity index (χ2v) is 6.44. The molecular formula is C16H20ClN5O3. The van der Waals surface area contributed by atoms with Crippen LogP contribution in [0.4, 0.5) is 10.6 Å². The van der Waals surface area contributed by atoms with Gasteiger partial charge in [-0.05, 0) is 25.5 Å². The predicted octanol–water partition coefficient (Wildman–Crippen LogP) is 1.95. The number of rotatable bonds is 2. The summed E-state index contributed by atoms with van der Waals surface area (Å²) < 4.78 is 23.6. The summed E-state index contributed by atoms with van der Waals surface area (Å²) in [4.78, 5) is 35.5. The lowest BCUT2D eigenvalue weighted by Crippen LogP contribution is -2.59. The normalized spacial score (nSPS) is 23.2. The van der Waals surface area contributed by atoms with E-state index >= 15 is 0 Å². The third kappa shape index (κ3) is 3.02. The second-order valence-electron chi connectivity index (χ2n) is 6.05. The molecular weight excluding hydrogens is 346 g/mol. The maximum absolute atomic E-state index is 12.6. The summed E-state index contributed by atoms with van der Waals surface area (Å²) in [5.41, 5.74) is -0.637. The third-order valence-electron chi connectivity index (χ3n) is 4.52. The van der Waals surface area contributed by atoms with Gasteiger partial charge in [0.1, 0.15) is 10.7 Å². The van der Waals surface area contributed by atoms with Gasteiger partial charge in [-0.1, -0.05) is 18.5 Å². The fraction of sp³-hybridized carbons (Fsp3) is 0.500. The number of aromatic nitrogens is 3. The molecule has 134 valence electrons. The zero-order valence-corrected chi connectivity index (χ0v) is 14.6. The highest BCUT2D eigenvalue weighted by Gasteiger charge is 2.35. The Hall–Kier alpha value is -2.35. The molecule has 1 amide bonds. The largest absolute Gasteiger partial charge is 0.465 e. The van der Waals surface area contributed by atoms with E-state index in [9.17, 15) is 14.7 Å². The zero-order chi connectivity index (χ0) is 20.8. The van der Waals surface area contributed by atoms with E-state index in [4.69, 9.17) is 15.7 Å². The molecule has 3 heterocycles. The molecule has 0 radical (unpaired) electrons. The molecule has 1 aliphatic heterocycles. The molecule has 2 atom stereocenters. The van der Waals surface area contributed by atoms with Gasteiger partial charge in [0.2, 0.25) is 0 Å². The molecule has 1 aliphatic rings. The van der Waals surface area contributed by atoms with Crippen LogP contribution < -0.4 is 10.6 Å². The lowest BCUT2D eigenvalue weighted by molar-refractivity contribution is 0.108. The number of anilines is 1. The van der Waals surface area contributed by atoms with E-state index < -0.39 is 18.8 Å². The molecule has 0 saturated carbocycles. The number of carbonyl (C=O) groups is 1. The van der Waals surface area contributed by atoms with E-state index in [0.29, 0.717) is 17.5 Å². The summed E-state index contributed by atoms with van der Waals surface area (Å²) in [6.45, 7) is 1.49. The molecule has 9 heteroatoms. The van der Waals surface area contributed by atoms with Gasteiger partial charge in [0.15, 0.2) is 5.82 Å². The number of piperazine rings is 1. The van der Waals surface area contributed by atoms with Gasteiger partial charge in [0.25, 0.3) is 0 Å². The van der Waals surface area contributed by atoms with E-state index in [1.807, 2.05) is 13.8 Å². The van der Waals surface area contributed by atoms with E-state index in [2.05, 4.69) is 9.97 Å². The van der Waals surface area contributed by atoms with Gasteiger partial charge < -0.3 is 14.9 Å². The van der Waals surface area contributed by atoms with Gasteiger partial charge >= 0.3 is 11.8 Å². The molecule has 0 spiro atoms. The number of fused-ring (bicyclic) bond motifs is 1. The molecule has 0 bridgehead atoms. The smallest absolute Gasteiger partial charge is 0.407 e. The van der Waals surface area contributed by atoms with Crippen LogP contribution in [0, 0.1) is 0 Å². The van der Waals surface area contributed by atoms with Gasteiger partial charge in [-0.3, -0.25) is 4.57 Å². The number of aryl methyl sites for hydroxylation is 1. The zero-order valence-electron chi connectivity index (χ0n) is 16.8. The van der Waals surface area contributed by atoms with Crippen LogP contribution in [0.15, 0.2) is 16.9 Å². The number of hydrogen-bond acceptors (Lipinski definition) is 5. The monoisotopic (exact) mass is 368 g/mol. The summed E-state index contributed by atoms with van der Waals surface area (Å²) in [5, 5.41) is 9.57. The van der Waals surface area contributed by atoms with Crippen LogP contribution in [0.1, 0.15) is 24.4 Å². The number of halogens is 1. The topological polar surface area (TPSA) is 91.6 Å². The second kappa shape index (κ2) is 6.51. The SMILES string of the molecule is [2H]C([2H])([2H])n1c(=O)nc(N2C[C@@H](CC)N(C(=O)O)C[C@@H]2C)c2nc(Cl)ccc21. The summed E-state index contributed by atoms with van der Waals surface area (Å²) >= 11 is 6.02. The quantitative estimate of drug-likeness (QED) is 0.814. The number of amides is 1. The van der Waals surface area contributed by atoms with Crippen molar-refractivity contribution in [2.75, 3.05) is 18.0 Å². The summed E-state index contributed by atoms with van der Waals surface area (Å²) in [6.07, 6.45) is -0.427. The van der Waals surface area contributed by atoms with E-state index in [1.165, 1.54) is 17.0 Å². The molecule has 0 aromatic carbocycles. The van der Waals surface area contributed by atoms with Crippen molar-refractivity contribution >= 4 is 34.5 Å². The molecule has 25 heavy (non-hydrogen) atoms. The van der Waals surface area contributed by atoms with Gasteiger partial charge in [-0.25, -0.2) is 14.6 Å².